The van der Waals surface area contributed by atoms with Gasteiger partial charge in [-0.05, 0) is 55.8 Å². The Bertz CT molecular complexity index is 1700. The van der Waals surface area contributed by atoms with Crippen molar-refractivity contribution in [1.29, 1.82) is 0 Å². The number of hydrogen-bond acceptors (Lipinski definition) is 7. The molecule has 0 spiro atoms. The van der Waals surface area contributed by atoms with Crippen LogP contribution in [0.1, 0.15) is 28.5 Å². The van der Waals surface area contributed by atoms with Crippen LogP contribution in [0.15, 0.2) is 54.6 Å². The largest absolute Gasteiger partial charge is 0.497 e. The maximum atomic E-state index is 14.1. The van der Waals surface area contributed by atoms with Gasteiger partial charge in [-0.1, -0.05) is 23.7 Å². The van der Waals surface area contributed by atoms with E-state index in [1.807, 2.05) is 66.4 Å². The van der Waals surface area contributed by atoms with Crippen LogP contribution in [0.2, 0.25) is 5.02 Å². The fourth-order valence-corrected chi connectivity index (χ4v) is 7.59. The number of carbonyl (C=O) groups is 1. The number of carbonyl (C=O) groups excluding carboxylic acids is 1. The summed E-state index contributed by atoms with van der Waals surface area (Å²) >= 11 is 6.42. The lowest BCUT2D eigenvalue weighted by Gasteiger charge is -2.36. The van der Waals surface area contributed by atoms with Crippen molar-refractivity contribution in [3.8, 4) is 17.0 Å². The van der Waals surface area contributed by atoms with Crippen LogP contribution in [0.25, 0.3) is 22.3 Å². The molecule has 1 atom stereocenters. The molecule has 208 valence electrons. The summed E-state index contributed by atoms with van der Waals surface area (Å²) in [6.45, 7) is 4.25. The minimum Gasteiger partial charge on any atom is -0.497 e. The smallest absolute Gasteiger partial charge is 0.254 e. The SMILES string of the molecule is COc1ccc(-c2cc(C(=O)N3CCN(c4ccccc4Cl)CC3)c3c(C)nn(C4CCS(=O)(=O)C4)c3n2)cc1. The molecule has 6 rings (SSSR count). The Hall–Kier alpha value is -3.63. The van der Waals surface area contributed by atoms with E-state index < -0.39 is 9.84 Å². The molecule has 2 aromatic heterocycles. The predicted octanol–water partition coefficient (Wildman–Crippen LogP) is 4.39. The first-order chi connectivity index (χ1) is 19.2. The minimum absolute atomic E-state index is 0.0188. The number of hydrogen-bond donors (Lipinski definition) is 0. The second kappa shape index (κ2) is 10.4. The van der Waals surface area contributed by atoms with Crippen LogP contribution in [0, 0.1) is 6.92 Å². The third kappa shape index (κ3) is 4.90. The first-order valence-corrected chi connectivity index (χ1v) is 15.5. The number of sulfone groups is 1. The molecule has 2 fully saturated rings. The molecule has 2 aliphatic heterocycles. The number of para-hydroxylation sites is 1. The number of nitrogens with zero attached hydrogens (tertiary/aromatic N) is 5. The number of fused-ring (bicyclic) bond motifs is 1. The van der Waals surface area contributed by atoms with Gasteiger partial charge in [-0.25, -0.2) is 18.1 Å². The zero-order valence-corrected chi connectivity index (χ0v) is 24.0. The summed E-state index contributed by atoms with van der Waals surface area (Å²) < 4.78 is 31.6. The highest BCUT2D eigenvalue weighted by Crippen LogP contribution is 2.33. The first kappa shape index (κ1) is 26.6. The van der Waals surface area contributed by atoms with E-state index in [0.29, 0.717) is 65.6 Å². The van der Waals surface area contributed by atoms with Gasteiger partial charge < -0.3 is 14.5 Å². The van der Waals surface area contributed by atoms with E-state index in [2.05, 4.69) is 4.90 Å². The second-order valence-electron chi connectivity index (χ2n) is 10.3. The fraction of sp³-hybridized carbons (Fsp3) is 0.345. The van der Waals surface area contributed by atoms with Crippen molar-refractivity contribution in [3.63, 3.8) is 0 Å². The van der Waals surface area contributed by atoms with Gasteiger partial charge in [0, 0.05) is 31.7 Å². The lowest BCUT2D eigenvalue weighted by Crippen LogP contribution is -2.49. The van der Waals surface area contributed by atoms with Crippen LogP contribution in [0.4, 0.5) is 5.69 Å². The summed E-state index contributed by atoms with van der Waals surface area (Å²) in [5, 5.41) is 6.09. The molecule has 2 saturated heterocycles. The van der Waals surface area contributed by atoms with Crippen molar-refractivity contribution in [2.24, 2.45) is 0 Å². The predicted molar refractivity (Wildman–Crippen MR) is 156 cm³/mol. The van der Waals surface area contributed by atoms with Crippen LogP contribution in [-0.4, -0.2) is 78.8 Å². The highest BCUT2D eigenvalue weighted by Gasteiger charge is 2.33. The topological polar surface area (TPSA) is 97.6 Å². The van der Waals surface area contributed by atoms with Crippen LogP contribution in [0.5, 0.6) is 5.75 Å². The van der Waals surface area contributed by atoms with Gasteiger partial charge in [0.05, 0.1) is 57.7 Å². The zero-order chi connectivity index (χ0) is 28.0. The number of rotatable bonds is 5. The Kier molecular flexibility index (Phi) is 6.92. The molecule has 4 heterocycles. The lowest BCUT2D eigenvalue weighted by molar-refractivity contribution is 0.0748. The van der Waals surface area contributed by atoms with Crippen molar-refractivity contribution in [3.05, 3.63) is 70.9 Å². The van der Waals surface area contributed by atoms with Gasteiger partial charge >= 0.3 is 0 Å². The summed E-state index contributed by atoms with van der Waals surface area (Å²) in [5.41, 5.74) is 4.12. The molecule has 0 saturated carbocycles. The summed E-state index contributed by atoms with van der Waals surface area (Å²) in [7, 11) is -1.53. The number of aromatic nitrogens is 3. The average Bonchev–Trinajstić information content (AvgIpc) is 3.50. The molecule has 1 unspecified atom stereocenters. The Morgan fingerprint density at radius 1 is 1.05 bits per heavy atom. The van der Waals surface area contributed by atoms with Gasteiger partial charge in [-0.3, -0.25) is 4.79 Å². The molecule has 9 nitrogen and oxygen atoms in total. The number of benzene rings is 2. The third-order valence-electron chi connectivity index (χ3n) is 7.77. The number of ether oxygens (including phenoxy) is 1. The van der Waals surface area contributed by atoms with Crippen molar-refractivity contribution in [2.75, 3.05) is 49.7 Å². The summed E-state index contributed by atoms with van der Waals surface area (Å²) in [6, 6.07) is 16.7. The lowest BCUT2D eigenvalue weighted by atomic mass is 10.0. The van der Waals surface area contributed by atoms with E-state index in [1.54, 1.807) is 11.8 Å². The number of aryl methyl sites for hydroxylation is 1. The first-order valence-electron chi connectivity index (χ1n) is 13.3. The Balaban J connectivity index is 1.39. The molecule has 1 amide bonds. The van der Waals surface area contributed by atoms with Crippen LogP contribution >= 0.6 is 11.6 Å². The standard InChI is InChI=1S/C29H30ClN5O4S/c1-19-27-23(29(36)34-14-12-33(13-15-34)26-6-4-3-5-24(26)30)17-25(20-7-9-22(39-2)10-8-20)31-28(27)35(32-19)21-11-16-40(37,38)18-21/h3-10,17,21H,11-16,18H2,1-2H3. The van der Waals surface area contributed by atoms with Crippen molar-refractivity contribution in [1.82, 2.24) is 19.7 Å². The minimum atomic E-state index is -3.14. The molecule has 2 aliphatic rings. The molecule has 4 aromatic rings. The quantitative estimate of drug-likeness (QED) is 0.346. The molecule has 11 heteroatoms. The van der Waals surface area contributed by atoms with Crippen molar-refractivity contribution < 1.29 is 17.9 Å². The van der Waals surface area contributed by atoms with E-state index >= 15 is 0 Å². The second-order valence-corrected chi connectivity index (χ2v) is 12.9. The van der Waals surface area contributed by atoms with Crippen LogP contribution in [-0.2, 0) is 9.84 Å². The summed E-state index contributed by atoms with van der Waals surface area (Å²) in [4.78, 5) is 23.1. The van der Waals surface area contributed by atoms with Crippen molar-refractivity contribution in [2.45, 2.75) is 19.4 Å². The number of methoxy groups -OCH3 is 1. The number of piperazine rings is 1. The van der Waals surface area contributed by atoms with E-state index in [1.165, 1.54) is 0 Å². The summed E-state index contributed by atoms with van der Waals surface area (Å²) in [6.07, 6.45) is 0.473. The number of halogens is 1. The number of amides is 1. The van der Waals surface area contributed by atoms with Gasteiger partial charge in [0.1, 0.15) is 5.75 Å². The molecular weight excluding hydrogens is 550 g/mol. The van der Waals surface area contributed by atoms with Gasteiger partial charge in [-0.15, -0.1) is 0 Å². The maximum absolute atomic E-state index is 14.1. The molecular formula is C29H30ClN5O4S. The number of pyridine rings is 1. The van der Waals surface area contributed by atoms with E-state index in [9.17, 15) is 13.2 Å². The molecule has 0 aliphatic carbocycles. The van der Waals surface area contributed by atoms with Gasteiger partial charge in [-0.2, -0.15) is 5.10 Å². The zero-order valence-electron chi connectivity index (χ0n) is 22.4. The fourth-order valence-electron chi connectivity index (χ4n) is 5.64. The Labute approximate surface area is 238 Å². The molecule has 0 radical (unpaired) electrons. The average molecular weight is 580 g/mol. The Morgan fingerprint density at radius 2 is 1.77 bits per heavy atom. The van der Waals surface area contributed by atoms with E-state index in [4.69, 9.17) is 26.4 Å². The van der Waals surface area contributed by atoms with E-state index in [-0.39, 0.29) is 23.5 Å². The Morgan fingerprint density at radius 3 is 2.42 bits per heavy atom. The molecule has 40 heavy (non-hydrogen) atoms. The van der Waals surface area contributed by atoms with Crippen LogP contribution in [0.3, 0.4) is 0 Å². The van der Waals surface area contributed by atoms with Crippen LogP contribution < -0.4 is 9.64 Å². The normalized spacial score (nSPS) is 18.8. The van der Waals surface area contributed by atoms with Crippen molar-refractivity contribution >= 4 is 44.1 Å². The number of anilines is 1. The molecule has 0 N–H and O–H groups in total. The monoisotopic (exact) mass is 579 g/mol. The maximum Gasteiger partial charge on any atom is 0.254 e. The highest BCUT2D eigenvalue weighted by atomic mass is 35.5. The van der Waals surface area contributed by atoms with Gasteiger partial charge in [0.2, 0.25) is 0 Å². The van der Waals surface area contributed by atoms with Gasteiger partial charge in [0.15, 0.2) is 15.5 Å². The third-order valence-corrected chi connectivity index (χ3v) is 9.84. The molecule has 0 bridgehead atoms. The molecule has 2 aromatic carbocycles. The summed E-state index contributed by atoms with van der Waals surface area (Å²) in [5.74, 6) is 0.764. The highest BCUT2D eigenvalue weighted by molar-refractivity contribution is 7.91. The van der Waals surface area contributed by atoms with Gasteiger partial charge in [0.25, 0.3) is 5.91 Å². The van der Waals surface area contributed by atoms with E-state index in [0.717, 1.165) is 17.0 Å².